The van der Waals surface area contributed by atoms with Crippen LogP contribution in [0.1, 0.15) is 13.3 Å². The summed E-state index contributed by atoms with van der Waals surface area (Å²) in [4.78, 5) is 26.7. The first-order valence-electron chi connectivity index (χ1n) is 6.12. The lowest BCUT2D eigenvalue weighted by Gasteiger charge is -2.26. The van der Waals surface area contributed by atoms with E-state index < -0.39 is 17.7 Å². The first-order chi connectivity index (χ1) is 9.97. The third-order valence-electron chi connectivity index (χ3n) is 2.75. The summed E-state index contributed by atoms with van der Waals surface area (Å²) in [6.07, 6.45) is 4.43. The highest BCUT2D eigenvalue weighted by atomic mass is 32.2. The zero-order chi connectivity index (χ0) is 15.6. The van der Waals surface area contributed by atoms with Crippen molar-refractivity contribution < 1.29 is 15.4 Å². The van der Waals surface area contributed by atoms with E-state index in [2.05, 4.69) is 10.4 Å². The van der Waals surface area contributed by atoms with Gasteiger partial charge in [0, 0.05) is 12.0 Å². The average Bonchev–Trinajstić information content (AvgIpc) is 2.78. The minimum atomic E-state index is -1.10. The molecule has 1 aliphatic rings. The minimum absolute atomic E-state index is 0. The second kappa shape index (κ2) is 7.58. The lowest BCUT2D eigenvalue weighted by Crippen LogP contribution is -2.34. The summed E-state index contributed by atoms with van der Waals surface area (Å²) in [7, 11) is 0. The van der Waals surface area contributed by atoms with Gasteiger partial charge >= 0.3 is 11.7 Å². The van der Waals surface area contributed by atoms with Gasteiger partial charge in [-0.15, -0.1) is 0 Å². The Balaban J connectivity index is 0.00000242. The number of fused-ring (bicyclic) bond motifs is 1. The zero-order valence-corrected chi connectivity index (χ0v) is 13.6. The molecule has 0 bridgehead atoms. The summed E-state index contributed by atoms with van der Waals surface area (Å²) < 4.78 is 4.70. The predicted molar refractivity (Wildman–Crippen MR) is 87.1 cm³/mol. The number of aromatic nitrogens is 3. The minimum Gasteiger partial charge on any atom is -0.480 e. The van der Waals surface area contributed by atoms with E-state index in [1.165, 1.54) is 16.0 Å². The smallest absolute Gasteiger partial charge is 0.376 e. The first-order valence-corrected chi connectivity index (χ1v) is 8.25. The lowest BCUT2D eigenvalue weighted by molar-refractivity contribution is -0.137. The van der Waals surface area contributed by atoms with E-state index in [1.807, 2.05) is 19.4 Å². The summed E-state index contributed by atoms with van der Waals surface area (Å²) in [5, 5.41) is 8.80. The van der Waals surface area contributed by atoms with Gasteiger partial charge in [0.15, 0.2) is 0 Å². The molecule has 2 heterocycles. The first kappa shape index (κ1) is 18.4. The number of carbonyl (C=O) groups is 1. The Kier molecular flexibility index (Phi) is 6.34. The maximum absolute atomic E-state index is 12.0. The Morgan fingerprint density at radius 3 is 2.82 bits per heavy atom. The number of hydrogen-bond acceptors (Lipinski definition) is 8. The lowest BCUT2D eigenvalue weighted by atomic mass is 10.3. The van der Waals surface area contributed by atoms with Crippen LogP contribution < -0.4 is 16.8 Å². The molecule has 1 aromatic rings. The van der Waals surface area contributed by atoms with E-state index in [0.717, 1.165) is 17.6 Å². The monoisotopic (exact) mass is 350 g/mol. The largest absolute Gasteiger partial charge is 0.480 e. The molecule has 0 aromatic carbocycles. The molecule has 12 heteroatoms. The van der Waals surface area contributed by atoms with Gasteiger partial charge < -0.3 is 16.3 Å². The third-order valence-corrected chi connectivity index (χ3v) is 4.41. The number of nitrogens with one attached hydrogen (secondary N) is 1. The molecule has 0 spiro atoms. The number of anilines is 1. The van der Waals surface area contributed by atoms with Crippen LogP contribution >= 0.6 is 23.9 Å². The number of nitrogens with two attached hydrogens (primary N) is 1. The fourth-order valence-electron chi connectivity index (χ4n) is 1.67. The van der Waals surface area contributed by atoms with E-state index >= 15 is 0 Å². The highest BCUT2D eigenvalue weighted by molar-refractivity contribution is 7.97. The number of rotatable bonds is 6. The van der Waals surface area contributed by atoms with E-state index in [9.17, 15) is 9.59 Å². The molecule has 1 unspecified atom stereocenters. The highest BCUT2D eigenvalue weighted by Gasteiger charge is 2.23. The van der Waals surface area contributed by atoms with Crippen LogP contribution in [0.15, 0.2) is 11.0 Å². The molecule has 0 saturated carbocycles. The fourth-order valence-corrected chi connectivity index (χ4v) is 2.97. The predicted octanol–water partition coefficient (Wildman–Crippen LogP) is -0.743. The van der Waals surface area contributed by atoms with Crippen LogP contribution in [-0.4, -0.2) is 52.8 Å². The highest BCUT2D eigenvalue weighted by Crippen LogP contribution is 2.25. The average molecular weight is 350 g/mol. The van der Waals surface area contributed by atoms with Crippen molar-refractivity contribution in [2.24, 2.45) is 5.73 Å². The van der Waals surface area contributed by atoms with Crippen molar-refractivity contribution in [2.45, 2.75) is 19.4 Å². The normalized spacial score (nSPS) is 14.5. The van der Waals surface area contributed by atoms with E-state index in [0.29, 0.717) is 12.4 Å². The van der Waals surface area contributed by atoms with Crippen LogP contribution in [0.4, 0.5) is 5.95 Å². The topological polar surface area (TPSA) is 150 Å². The molecule has 6 N–H and O–H groups in total. The summed E-state index contributed by atoms with van der Waals surface area (Å²) in [6, 6.07) is -1.04. The van der Waals surface area contributed by atoms with E-state index in [4.69, 9.17) is 10.8 Å². The molecule has 0 amide bonds. The van der Waals surface area contributed by atoms with Gasteiger partial charge in [0.25, 0.3) is 0 Å². The summed E-state index contributed by atoms with van der Waals surface area (Å²) in [6.45, 7) is 1.96. The number of hydrazine groups is 1. The third kappa shape index (κ3) is 3.58. The SMILES string of the molecule is CCC1=CN(SC)Nc2nc(=O)n(SCC(N)C(=O)O)n21.O. The molecule has 124 valence electrons. The quantitative estimate of drug-likeness (QED) is 0.563. The van der Waals surface area contributed by atoms with Gasteiger partial charge in [-0.1, -0.05) is 6.92 Å². The molecule has 0 aliphatic carbocycles. The molecule has 1 aromatic heterocycles. The van der Waals surface area contributed by atoms with Crippen molar-refractivity contribution in [3.8, 4) is 0 Å². The van der Waals surface area contributed by atoms with Gasteiger partial charge in [-0.2, -0.15) is 9.07 Å². The van der Waals surface area contributed by atoms with Crippen molar-refractivity contribution in [3.63, 3.8) is 0 Å². The molecular formula is C10H18N6O4S2. The maximum Gasteiger partial charge on any atom is 0.376 e. The standard InChI is InChI=1S/C10H16N6O3S2.H2O/c1-3-6-4-14(20-2)13-9-12-10(19)16(15(6)9)21-5-7(11)8(17)18;/h4,7H,3,5,11H2,1-2H3,(H,17,18)(H,12,13,19);1H2. The van der Waals surface area contributed by atoms with E-state index in [1.54, 1.807) is 9.10 Å². The van der Waals surface area contributed by atoms with Crippen molar-refractivity contribution in [1.82, 2.24) is 18.2 Å². The number of carboxylic acids is 1. The van der Waals surface area contributed by atoms with Gasteiger partial charge in [0.05, 0.1) is 11.9 Å². The molecule has 2 rings (SSSR count). The molecule has 1 aliphatic heterocycles. The van der Waals surface area contributed by atoms with Crippen molar-refractivity contribution in [1.29, 1.82) is 0 Å². The molecular weight excluding hydrogens is 332 g/mol. The number of carboxylic acid groups (broad SMARTS) is 1. The van der Waals surface area contributed by atoms with Crippen LogP contribution in [0, 0.1) is 0 Å². The Morgan fingerprint density at radius 2 is 2.27 bits per heavy atom. The van der Waals surface area contributed by atoms with Gasteiger partial charge in [-0.3, -0.25) is 10.2 Å². The zero-order valence-electron chi connectivity index (χ0n) is 12.0. The Labute approximate surface area is 134 Å². The van der Waals surface area contributed by atoms with Gasteiger partial charge in [0.2, 0.25) is 5.95 Å². The Hall–Kier alpha value is -1.63. The maximum atomic E-state index is 12.0. The van der Waals surface area contributed by atoms with Crippen molar-refractivity contribution in [2.75, 3.05) is 17.4 Å². The van der Waals surface area contributed by atoms with Crippen molar-refractivity contribution >= 4 is 41.5 Å². The summed E-state index contributed by atoms with van der Waals surface area (Å²) in [5.41, 5.74) is 8.83. The Bertz CT molecular complexity index is 627. The molecule has 22 heavy (non-hydrogen) atoms. The summed E-state index contributed by atoms with van der Waals surface area (Å²) in [5.74, 6) is -0.638. The number of hydrogen-bond donors (Lipinski definition) is 3. The van der Waals surface area contributed by atoms with Crippen LogP contribution in [0.3, 0.4) is 0 Å². The van der Waals surface area contributed by atoms with Crippen LogP contribution in [0.2, 0.25) is 0 Å². The second-order valence-corrected chi connectivity index (χ2v) is 5.83. The van der Waals surface area contributed by atoms with Crippen molar-refractivity contribution in [3.05, 3.63) is 16.7 Å². The van der Waals surface area contributed by atoms with Crippen LogP contribution in [0.5, 0.6) is 0 Å². The Morgan fingerprint density at radius 1 is 1.59 bits per heavy atom. The molecule has 1 atom stereocenters. The number of nitrogens with zero attached hydrogens (tertiary/aromatic N) is 4. The summed E-state index contributed by atoms with van der Waals surface area (Å²) >= 11 is 2.47. The van der Waals surface area contributed by atoms with Gasteiger partial charge in [-0.05, 0) is 30.3 Å². The molecule has 0 fully saturated rings. The van der Waals surface area contributed by atoms with Crippen LogP contribution in [-0.2, 0) is 4.79 Å². The number of aliphatic carboxylic acids is 1. The van der Waals surface area contributed by atoms with E-state index in [-0.39, 0.29) is 11.2 Å². The second-order valence-electron chi connectivity index (χ2n) is 4.14. The van der Waals surface area contributed by atoms with Crippen LogP contribution in [0.25, 0.3) is 5.70 Å². The van der Waals surface area contributed by atoms with Gasteiger partial charge in [0.1, 0.15) is 6.04 Å². The molecule has 10 nitrogen and oxygen atoms in total. The molecule has 0 saturated heterocycles. The number of allylic oxidation sites excluding steroid dienone is 1. The molecule has 0 radical (unpaired) electrons. The fraction of sp³-hybridized carbons (Fsp3) is 0.500. The van der Waals surface area contributed by atoms with Gasteiger partial charge in [-0.25, -0.2) is 13.9 Å².